The van der Waals surface area contributed by atoms with Crippen molar-refractivity contribution in [2.45, 2.75) is 13.0 Å². The summed E-state index contributed by atoms with van der Waals surface area (Å²) in [5, 5.41) is 15.8. The Labute approximate surface area is 53.5 Å². The van der Waals surface area contributed by atoms with Gasteiger partial charge in [-0.2, -0.15) is 0 Å². The molecule has 0 heterocycles. The normalized spacial score (nSPS) is 11.7. The molecule has 0 aromatic carbocycles. The van der Waals surface area contributed by atoms with Crippen molar-refractivity contribution >= 4 is 24.8 Å². The Morgan fingerprint density at radius 2 is 1.86 bits per heavy atom. The Hall–Kier alpha value is 0.0274. The maximum Gasteiger partial charge on any atom is 0.332 e. The third-order valence-corrected chi connectivity index (χ3v) is 0.357. The van der Waals surface area contributed by atoms with Gasteiger partial charge in [0.2, 0.25) is 0 Å². The second-order valence-corrected chi connectivity index (χ2v) is 1.01. The Morgan fingerprint density at radius 1 is 1.71 bits per heavy atom. The Morgan fingerprint density at radius 3 is 1.86 bits per heavy atom. The van der Waals surface area contributed by atoms with Crippen LogP contribution in [0.5, 0.6) is 0 Å². The van der Waals surface area contributed by atoms with E-state index in [0.717, 1.165) is 0 Å². The van der Waals surface area contributed by atoms with Gasteiger partial charge in [0.1, 0.15) is 6.10 Å². The monoisotopic (exact) mass is 97.0 g/mol. The van der Waals surface area contributed by atoms with Crippen LogP contribution < -0.4 is 0 Å². The number of hydrogen-bond donors (Lipinski definition) is 2. The van der Waals surface area contributed by atoms with Crippen LogP contribution in [0.3, 0.4) is 0 Å². The van der Waals surface area contributed by atoms with Gasteiger partial charge in [-0.1, -0.05) is 0 Å². The molecule has 0 saturated carbocycles. The number of hydrogen-bond acceptors (Lipinski definition) is 2. The number of aliphatic carboxylic acids is 1. The number of aliphatic hydroxyl groups is 1. The third kappa shape index (κ3) is 6.03. The summed E-state index contributed by atoms with van der Waals surface area (Å²) in [6.07, 6.45) is -1.23. The van der Waals surface area contributed by atoms with Crippen LogP contribution in [-0.2, 0) is 4.79 Å². The van der Waals surface area contributed by atoms with Crippen molar-refractivity contribution in [2.24, 2.45) is 0 Å². The van der Waals surface area contributed by atoms with E-state index in [9.17, 15) is 4.79 Å². The molecule has 0 aliphatic rings. The van der Waals surface area contributed by atoms with Crippen molar-refractivity contribution in [1.29, 1.82) is 0 Å². The summed E-state index contributed by atoms with van der Waals surface area (Å²) < 4.78 is 0. The minimum absolute atomic E-state index is 0. The second kappa shape index (κ2) is 4.19. The Bertz CT molecular complexity index is 61.2. The number of rotatable bonds is 1. The number of carboxylic acids is 1. The minimum atomic E-state index is -1.23. The average molecular weight is 97.0 g/mol. The van der Waals surface area contributed by atoms with E-state index >= 15 is 0 Å². The SMILES string of the molecule is CC(O)C(=O)O.[Li]. The van der Waals surface area contributed by atoms with Gasteiger partial charge in [0.05, 0.1) is 0 Å². The predicted molar refractivity (Wildman–Crippen MR) is 25.1 cm³/mol. The van der Waals surface area contributed by atoms with Gasteiger partial charge in [0, 0.05) is 18.9 Å². The summed E-state index contributed by atoms with van der Waals surface area (Å²) in [4.78, 5) is 9.45. The average Bonchev–Trinajstić information content (AvgIpc) is 1.36. The molecule has 0 aromatic rings. The summed E-state index contributed by atoms with van der Waals surface area (Å²) in [5.41, 5.74) is 0. The molecule has 0 spiro atoms. The largest absolute Gasteiger partial charge is 0.479 e. The van der Waals surface area contributed by atoms with Gasteiger partial charge in [-0.25, -0.2) is 4.79 Å². The molecule has 0 amide bonds. The molecule has 3 nitrogen and oxygen atoms in total. The van der Waals surface area contributed by atoms with E-state index in [4.69, 9.17) is 10.2 Å². The van der Waals surface area contributed by atoms with Crippen molar-refractivity contribution in [2.75, 3.05) is 0 Å². The van der Waals surface area contributed by atoms with E-state index in [1.807, 2.05) is 0 Å². The van der Waals surface area contributed by atoms with E-state index in [-0.39, 0.29) is 18.9 Å². The van der Waals surface area contributed by atoms with Gasteiger partial charge in [0.15, 0.2) is 0 Å². The first-order valence-corrected chi connectivity index (χ1v) is 1.55. The number of carbonyl (C=O) groups is 1. The van der Waals surface area contributed by atoms with Crippen LogP contribution in [0.1, 0.15) is 6.92 Å². The van der Waals surface area contributed by atoms with Crippen molar-refractivity contribution in [3.63, 3.8) is 0 Å². The summed E-state index contributed by atoms with van der Waals surface area (Å²) in [6.45, 7) is 1.20. The first kappa shape index (κ1) is 10.1. The van der Waals surface area contributed by atoms with Crippen LogP contribution in [0, 0.1) is 0 Å². The molecule has 2 N–H and O–H groups in total. The summed E-state index contributed by atoms with van der Waals surface area (Å²) in [5.74, 6) is -1.19. The summed E-state index contributed by atoms with van der Waals surface area (Å²) in [7, 11) is 0. The molecule has 0 aliphatic carbocycles. The molecule has 0 aromatic heterocycles. The molecule has 0 fully saturated rings. The van der Waals surface area contributed by atoms with E-state index < -0.39 is 12.1 Å². The Balaban J connectivity index is 0. The Kier molecular flexibility index (Phi) is 6.05. The van der Waals surface area contributed by atoms with Crippen molar-refractivity contribution in [3.05, 3.63) is 0 Å². The zero-order valence-corrected chi connectivity index (χ0v) is 4.38. The first-order valence-electron chi connectivity index (χ1n) is 1.55. The van der Waals surface area contributed by atoms with Crippen LogP contribution in [0.15, 0.2) is 0 Å². The van der Waals surface area contributed by atoms with Crippen LogP contribution >= 0.6 is 0 Å². The van der Waals surface area contributed by atoms with Crippen LogP contribution in [-0.4, -0.2) is 41.1 Å². The molecule has 1 atom stereocenters. The topological polar surface area (TPSA) is 57.5 Å². The summed E-state index contributed by atoms with van der Waals surface area (Å²) >= 11 is 0. The van der Waals surface area contributed by atoms with Gasteiger partial charge >= 0.3 is 5.97 Å². The number of aliphatic hydroxyl groups excluding tert-OH is 1. The zero-order chi connectivity index (χ0) is 5.15. The minimum Gasteiger partial charge on any atom is -0.479 e. The predicted octanol–water partition coefficient (Wildman–Crippen LogP) is -0.929. The molecule has 0 bridgehead atoms. The first-order chi connectivity index (χ1) is 2.64. The van der Waals surface area contributed by atoms with Crippen LogP contribution in [0.4, 0.5) is 0 Å². The fraction of sp³-hybridized carbons (Fsp3) is 0.667. The quantitative estimate of drug-likeness (QED) is 0.415. The molecule has 1 radical (unpaired) electrons. The molecular weight excluding hydrogens is 91.0 g/mol. The van der Waals surface area contributed by atoms with Crippen molar-refractivity contribution in [1.82, 2.24) is 0 Å². The summed E-state index contributed by atoms with van der Waals surface area (Å²) in [6, 6.07) is 0. The van der Waals surface area contributed by atoms with Gasteiger partial charge < -0.3 is 10.2 Å². The molecular formula is C3H6LiO3. The van der Waals surface area contributed by atoms with Gasteiger partial charge in [-0.3, -0.25) is 0 Å². The third-order valence-electron chi connectivity index (χ3n) is 0.357. The standard InChI is InChI=1S/C3H6O3.Li/c1-2(4)3(5)6;/h2,4H,1H3,(H,5,6);. The zero-order valence-electron chi connectivity index (χ0n) is 4.38. The fourth-order valence-electron chi connectivity index (χ4n) is 0. The molecule has 37 valence electrons. The van der Waals surface area contributed by atoms with E-state index in [0.29, 0.717) is 0 Å². The molecule has 1 unspecified atom stereocenters. The van der Waals surface area contributed by atoms with Gasteiger partial charge in [-0.15, -0.1) is 0 Å². The van der Waals surface area contributed by atoms with Crippen LogP contribution in [0.2, 0.25) is 0 Å². The second-order valence-electron chi connectivity index (χ2n) is 1.01. The van der Waals surface area contributed by atoms with Crippen molar-refractivity contribution < 1.29 is 15.0 Å². The van der Waals surface area contributed by atoms with Crippen molar-refractivity contribution in [3.8, 4) is 0 Å². The van der Waals surface area contributed by atoms with E-state index in [1.54, 1.807) is 0 Å². The van der Waals surface area contributed by atoms with Crippen LogP contribution in [0.25, 0.3) is 0 Å². The van der Waals surface area contributed by atoms with E-state index in [1.165, 1.54) is 6.92 Å². The molecule has 7 heavy (non-hydrogen) atoms. The molecule has 4 heteroatoms. The molecule has 0 rings (SSSR count). The van der Waals surface area contributed by atoms with Gasteiger partial charge in [-0.05, 0) is 6.92 Å². The fourth-order valence-corrected chi connectivity index (χ4v) is 0. The molecule has 0 aliphatic heterocycles. The maximum absolute atomic E-state index is 9.45. The number of carboxylic acid groups (broad SMARTS) is 1. The van der Waals surface area contributed by atoms with Gasteiger partial charge in [0.25, 0.3) is 0 Å². The molecule has 0 saturated heterocycles. The smallest absolute Gasteiger partial charge is 0.332 e. The maximum atomic E-state index is 9.45. The van der Waals surface area contributed by atoms with E-state index in [2.05, 4.69) is 0 Å².